The number of carbonyl (C=O) groups is 2. The molecule has 27 heavy (non-hydrogen) atoms. The SMILES string of the molecule is COc1ccc(C2=CC(=O)NC(S)N2CC(=O)NCCN(C)C)c(OC)c1. The van der Waals surface area contributed by atoms with Crippen molar-refractivity contribution in [2.45, 2.75) is 5.50 Å². The maximum absolute atomic E-state index is 12.4. The molecule has 1 atom stereocenters. The molecular formula is C18H26N4O4S. The molecule has 1 heterocycles. The molecule has 0 bridgehead atoms. The van der Waals surface area contributed by atoms with Gasteiger partial charge >= 0.3 is 0 Å². The zero-order chi connectivity index (χ0) is 20.0. The van der Waals surface area contributed by atoms with E-state index in [1.54, 1.807) is 30.2 Å². The van der Waals surface area contributed by atoms with Crippen molar-refractivity contribution in [1.29, 1.82) is 0 Å². The Morgan fingerprint density at radius 2 is 2.07 bits per heavy atom. The lowest BCUT2D eigenvalue weighted by atomic mass is 10.1. The van der Waals surface area contributed by atoms with E-state index in [1.165, 1.54) is 13.2 Å². The van der Waals surface area contributed by atoms with Gasteiger partial charge in [0.2, 0.25) is 11.8 Å². The zero-order valence-corrected chi connectivity index (χ0v) is 16.9. The van der Waals surface area contributed by atoms with Crippen molar-refractivity contribution in [2.24, 2.45) is 0 Å². The third-order valence-electron chi connectivity index (χ3n) is 4.02. The number of methoxy groups -OCH3 is 2. The third kappa shape index (κ3) is 5.54. The molecule has 9 heteroatoms. The molecule has 2 rings (SSSR count). The molecule has 1 aliphatic heterocycles. The third-order valence-corrected chi connectivity index (χ3v) is 4.43. The van der Waals surface area contributed by atoms with E-state index in [-0.39, 0.29) is 18.4 Å². The van der Waals surface area contributed by atoms with Crippen LogP contribution in [0.15, 0.2) is 24.3 Å². The molecular weight excluding hydrogens is 368 g/mol. The van der Waals surface area contributed by atoms with Crippen molar-refractivity contribution in [3.05, 3.63) is 29.8 Å². The summed E-state index contributed by atoms with van der Waals surface area (Å²) in [4.78, 5) is 28.1. The van der Waals surface area contributed by atoms with Crippen molar-refractivity contribution < 1.29 is 19.1 Å². The molecule has 2 N–H and O–H groups in total. The van der Waals surface area contributed by atoms with Crippen LogP contribution in [0.2, 0.25) is 0 Å². The van der Waals surface area contributed by atoms with Crippen molar-refractivity contribution in [1.82, 2.24) is 20.4 Å². The van der Waals surface area contributed by atoms with E-state index >= 15 is 0 Å². The van der Waals surface area contributed by atoms with Gasteiger partial charge in [0.05, 0.1) is 26.5 Å². The summed E-state index contributed by atoms with van der Waals surface area (Å²) in [5, 5.41) is 5.55. The molecule has 0 saturated heterocycles. The van der Waals surface area contributed by atoms with Crippen LogP contribution in [0.4, 0.5) is 0 Å². The second kappa shape index (κ2) is 9.52. The molecule has 0 saturated carbocycles. The van der Waals surface area contributed by atoms with Crippen LogP contribution in [0.25, 0.3) is 5.70 Å². The number of hydrogen-bond acceptors (Lipinski definition) is 7. The van der Waals surface area contributed by atoms with E-state index in [0.29, 0.717) is 29.3 Å². The van der Waals surface area contributed by atoms with Gasteiger partial charge in [-0.15, -0.1) is 12.6 Å². The number of benzene rings is 1. The highest BCUT2D eigenvalue weighted by atomic mass is 32.1. The Balaban J connectivity index is 2.26. The van der Waals surface area contributed by atoms with Crippen molar-refractivity contribution in [3.63, 3.8) is 0 Å². The Morgan fingerprint density at radius 3 is 2.70 bits per heavy atom. The van der Waals surface area contributed by atoms with Crippen LogP contribution in [0.3, 0.4) is 0 Å². The summed E-state index contributed by atoms with van der Waals surface area (Å²) in [5.41, 5.74) is 0.596. The standard InChI is InChI=1S/C18H26N4O4S/c1-21(2)8-7-19-17(24)11-22-14(10-16(23)20-18(22)27)13-6-5-12(25-3)9-15(13)26-4/h5-6,9-10,18,27H,7-8,11H2,1-4H3,(H,19,24)(H,20,23). The molecule has 148 valence electrons. The van der Waals surface area contributed by atoms with Gasteiger partial charge in [-0.05, 0) is 26.2 Å². The topological polar surface area (TPSA) is 83.1 Å². The Bertz CT molecular complexity index is 723. The fourth-order valence-corrected chi connectivity index (χ4v) is 2.96. The fraction of sp³-hybridized carbons (Fsp3) is 0.444. The van der Waals surface area contributed by atoms with Crippen LogP contribution in [0, 0.1) is 0 Å². The molecule has 0 aromatic heterocycles. The summed E-state index contributed by atoms with van der Waals surface area (Å²) in [6.45, 7) is 1.32. The van der Waals surface area contributed by atoms with Gasteiger partial charge in [0, 0.05) is 30.8 Å². The lowest BCUT2D eigenvalue weighted by Gasteiger charge is -2.36. The Hall–Kier alpha value is -2.39. The minimum absolute atomic E-state index is 0.0445. The molecule has 0 radical (unpaired) electrons. The summed E-state index contributed by atoms with van der Waals surface area (Å²) < 4.78 is 10.7. The lowest BCUT2D eigenvalue weighted by Crippen LogP contribution is -2.50. The number of nitrogens with zero attached hydrogens (tertiary/aromatic N) is 2. The Kier molecular flexibility index (Phi) is 7.37. The maximum Gasteiger partial charge on any atom is 0.248 e. The van der Waals surface area contributed by atoms with Gasteiger partial charge in [0.25, 0.3) is 0 Å². The first kappa shape index (κ1) is 20.9. The van der Waals surface area contributed by atoms with Crippen LogP contribution in [0.1, 0.15) is 5.56 Å². The average Bonchev–Trinajstić information content (AvgIpc) is 2.62. The molecule has 0 fully saturated rings. The largest absolute Gasteiger partial charge is 0.497 e. The summed E-state index contributed by atoms with van der Waals surface area (Å²) in [7, 11) is 6.98. The van der Waals surface area contributed by atoms with E-state index in [2.05, 4.69) is 23.3 Å². The Labute approximate surface area is 164 Å². The van der Waals surface area contributed by atoms with Gasteiger partial charge in [-0.1, -0.05) is 0 Å². The number of ether oxygens (including phenoxy) is 2. The predicted molar refractivity (Wildman–Crippen MR) is 107 cm³/mol. The maximum atomic E-state index is 12.4. The second-order valence-corrected chi connectivity index (χ2v) is 6.75. The van der Waals surface area contributed by atoms with Crippen LogP contribution in [-0.2, 0) is 9.59 Å². The molecule has 1 unspecified atom stereocenters. The Morgan fingerprint density at radius 1 is 1.33 bits per heavy atom. The summed E-state index contributed by atoms with van der Waals surface area (Å²) in [5.74, 6) is 0.721. The first-order valence-electron chi connectivity index (χ1n) is 8.46. The number of hydrogen-bond donors (Lipinski definition) is 3. The zero-order valence-electron chi connectivity index (χ0n) is 16.0. The first-order valence-corrected chi connectivity index (χ1v) is 8.98. The lowest BCUT2D eigenvalue weighted by molar-refractivity contribution is -0.123. The summed E-state index contributed by atoms with van der Waals surface area (Å²) in [6, 6.07) is 5.29. The number of likely N-dealkylation sites (N-methyl/N-ethyl adjacent to an activating group) is 1. The van der Waals surface area contributed by atoms with E-state index < -0.39 is 5.50 Å². The van der Waals surface area contributed by atoms with Crippen molar-refractivity contribution >= 4 is 30.1 Å². The molecule has 1 aliphatic rings. The highest BCUT2D eigenvalue weighted by molar-refractivity contribution is 7.80. The molecule has 0 aliphatic carbocycles. The van der Waals surface area contributed by atoms with Gasteiger partial charge in [0.1, 0.15) is 17.0 Å². The number of amides is 2. The van der Waals surface area contributed by atoms with Crippen LogP contribution < -0.4 is 20.1 Å². The smallest absolute Gasteiger partial charge is 0.248 e. The average molecular weight is 394 g/mol. The second-order valence-electron chi connectivity index (χ2n) is 6.26. The van der Waals surface area contributed by atoms with Gasteiger partial charge in [-0.2, -0.15) is 0 Å². The predicted octanol–water partition coefficient (Wildman–Crippen LogP) is 0.368. The molecule has 8 nitrogen and oxygen atoms in total. The van der Waals surface area contributed by atoms with E-state index in [4.69, 9.17) is 9.47 Å². The summed E-state index contributed by atoms with van der Waals surface area (Å²) >= 11 is 4.43. The molecule has 1 aromatic carbocycles. The summed E-state index contributed by atoms with van der Waals surface area (Å²) in [6.07, 6.45) is 1.43. The van der Waals surface area contributed by atoms with Gasteiger partial charge in [0.15, 0.2) is 0 Å². The van der Waals surface area contributed by atoms with Crippen LogP contribution in [0.5, 0.6) is 11.5 Å². The van der Waals surface area contributed by atoms with E-state index in [9.17, 15) is 9.59 Å². The molecule has 0 spiro atoms. The highest BCUT2D eigenvalue weighted by Crippen LogP contribution is 2.34. The van der Waals surface area contributed by atoms with Crippen LogP contribution >= 0.6 is 12.6 Å². The molecule has 1 aromatic rings. The minimum atomic E-state index is -0.635. The van der Waals surface area contributed by atoms with Gasteiger partial charge < -0.3 is 29.9 Å². The quantitative estimate of drug-likeness (QED) is 0.553. The van der Waals surface area contributed by atoms with E-state index in [1.807, 2.05) is 19.0 Å². The van der Waals surface area contributed by atoms with E-state index in [0.717, 1.165) is 6.54 Å². The molecule has 2 amide bonds. The number of thiol groups is 1. The van der Waals surface area contributed by atoms with Crippen molar-refractivity contribution in [2.75, 3.05) is 47.9 Å². The number of nitrogens with one attached hydrogen (secondary N) is 2. The normalized spacial score (nSPS) is 16.7. The first-order chi connectivity index (χ1) is 12.8. The van der Waals surface area contributed by atoms with Gasteiger partial charge in [-0.25, -0.2) is 0 Å². The fourth-order valence-electron chi connectivity index (χ4n) is 2.63. The van der Waals surface area contributed by atoms with Gasteiger partial charge in [-0.3, -0.25) is 9.59 Å². The number of rotatable bonds is 8. The minimum Gasteiger partial charge on any atom is -0.497 e. The monoisotopic (exact) mass is 394 g/mol. The highest BCUT2D eigenvalue weighted by Gasteiger charge is 2.29. The van der Waals surface area contributed by atoms with Crippen molar-refractivity contribution in [3.8, 4) is 11.5 Å². The van der Waals surface area contributed by atoms with Crippen LogP contribution in [-0.4, -0.2) is 75.1 Å². The number of carbonyl (C=O) groups excluding carboxylic acids is 2.